The number of amides is 4. The van der Waals surface area contributed by atoms with Crippen LogP contribution in [0, 0.1) is 0 Å². The van der Waals surface area contributed by atoms with Crippen molar-refractivity contribution in [1.29, 1.82) is 0 Å². The van der Waals surface area contributed by atoms with Gasteiger partial charge in [0, 0.05) is 84.7 Å². The van der Waals surface area contributed by atoms with E-state index in [2.05, 4.69) is 40.6 Å². The van der Waals surface area contributed by atoms with E-state index in [0.29, 0.717) is 39.4 Å². The number of sulfone groups is 2. The Morgan fingerprint density at radius 1 is 0.583 bits per heavy atom. The van der Waals surface area contributed by atoms with Gasteiger partial charge in [0.2, 0.25) is 0 Å². The molecular weight excluding hydrogens is 1040 g/mol. The van der Waals surface area contributed by atoms with Gasteiger partial charge in [-0.15, -0.1) is 0 Å². The lowest BCUT2D eigenvalue weighted by atomic mass is 9.82. The molecule has 24 heteroatoms. The first-order valence-corrected chi connectivity index (χ1v) is 26.5. The van der Waals surface area contributed by atoms with Gasteiger partial charge in [-0.05, 0) is 83.9 Å². The van der Waals surface area contributed by atoms with E-state index >= 15 is 0 Å². The van der Waals surface area contributed by atoms with Crippen LogP contribution in [-0.2, 0) is 42.2 Å². The van der Waals surface area contributed by atoms with E-state index < -0.39 is 38.7 Å². The Hall–Kier alpha value is -7.12. The molecule has 0 spiro atoms. The Balaban J connectivity index is 0.000000202. The van der Waals surface area contributed by atoms with E-state index in [9.17, 15) is 36.0 Å². The molecule has 8 rings (SSSR count). The minimum Gasteiger partial charge on any atom is -0.465 e. The molecule has 0 unspecified atom stereocenters. The summed E-state index contributed by atoms with van der Waals surface area (Å²) < 4.78 is 57.3. The number of halogens is 1. The van der Waals surface area contributed by atoms with Crippen LogP contribution >= 0.6 is 15.9 Å². The number of carbonyl (C=O) groups excluding carboxylic acids is 4. The van der Waals surface area contributed by atoms with Crippen LogP contribution in [-0.4, -0.2) is 151 Å². The minimum absolute atomic E-state index is 0.0427. The molecule has 4 amide bonds. The SMILES string of the molecule is COC(=O)c1ccc(CN(C(=O)N2CCS(=O)(=O)CC2)c2ccc(-c3cccnc3)cc2)nc1.COC(=O)c1ccc(CN(C(=O)N2CCS(=O)(=O)CC2)c2ccc(Br)cc2)nc1.OB(O)c1cccnc1. The fourth-order valence-corrected chi connectivity index (χ4v) is 9.71. The van der Waals surface area contributed by atoms with E-state index in [0.717, 1.165) is 15.6 Å². The molecular formula is C48H50BBrN8O12S2. The summed E-state index contributed by atoms with van der Waals surface area (Å²) in [4.78, 5) is 72.5. The lowest BCUT2D eigenvalue weighted by molar-refractivity contribution is 0.0591. The number of pyridine rings is 4. The zero-order chi connectivity index (χ0) is 51.8. The third-order valence-electron chi connectivity index (χ3n) is 11.1. The lowest BCUT2D eigenvalue weighted by Crippen LogP contribution is -2.49. The Morgan fingerprint density at radius 3 is 1.36 bits per heavy atom. The Kier molecular flexibility index (Phi) is 19.1. The van der Waals surface area contributed by atoms with E-state index in [1.807, 2.05) is 48.5 Å². The van der Waals surface area contributed by atoms with Gasteiger partial charge in [-0.1, -0.05) is 40.2 Å². The molecule has 4 aromatic heterocycles. The van der Waals surface area contributed by atoms with Crippen LogP contribution in [0.15, 0.2) is 139 Å². The fourth-order valence-electron chi connectivity index (χ4n) is 7.04. The van der Waals surface area contributed by atoms with Gasteiger partial charge < -0.3 is 29.3 Å². The van der Waals surface area contributed by atoms with Gasteiger partial charge in [-0.2, -0.15) is 0 Å². The number of urea groups is 2. The van der Waals surface area contributed by atoms with Crippen molar-refractivity contribution < 1.29 is 55.5 Å². The normalized spacial score (nSPS) is 14.5. The molecule has 2 saturated heterocycles. The van der Waals surface area contributed by atoms with Crippen molar-refractivity contribution in [1.82, 2.24) is 29.7 Å². The van der Waals surface area contributed by atoms with Gasteiger partial charge in [-0.3, -0.25) is 29.7 Å². The molecule has 2 aliphatic heterocycles. The number of aromatic nitrogens is 4. The Morgan fingerprint density at radius 2 is 1.01 bits per heavy atom. The molecule has 0 bridgehead atoms. The highest BCUT2D eigenvalue weighted by Crippen LogP contribution is 2.26. The second kappa shape index (κ2) is 25.3. The fraction of sp³-hybridized carbons (Fsp3) is 0.250. The molecule has 0 atom stereocenters. The zero-order valence-electron chi connectivity index (χ0n) is 39.1. The van der Waals surface area contributed by atoms with Crippen molar-refractivity contribution in [2.45, 2.75) is 13.1 Å². The zero-order valence-corrected chi connectivity index (χ0v) is 42.3. The quantitative estimate of drug-likeness (QED) is 0.145. The summed E-state index contributed by atoms with van der Waals surface area (Å²) in [7, 11) is -5.03. The summed E-state index contributed by atoms with van der Waals surface area (Å²) in [5.41, 5.74) is 5.40. The number of hydrogen-bond acceptors (Lipinski definition) is 16. The first kappa shape index (κ1) is 54.2. The van der Waals surface area contributed by atoms with E-state index in [4.69, 9.17) is 14.8 Å². The van der Waals surface area contributed by atoms with Crippen molar-refractivity contribution in [3.05, 3.63) is 161 Å². The van der Waals surface area contributed by atoms with Crippen LogP contribution in [0.3, 0.4) is 0 Å². The van der Waals surface area contributed by atoms with Gasteiger partial charge >= 0.3 is 31.1 Å². The second-order valence-electron chi connectivity index (χ2n) is 16.0. The summed E-state index contributed by atoms with van der Waals surface area (Å²) >= 11 is 3.38. The lowest BCUT2D eigenvalue weighted by Gasteiger charge is -2.33. The van der Waals surface area contributed by atoms with E-state index in [-0.39, 0.29) is 74.3 Å². The predicted molar refractivity (Wildman–Crippen MR) is 273 cm³/mol. The molecule has 2 fully saturated rings. The molecule has 2 aliphatic rings. The highest BCUT2D eigenvalue weighted by Gasteiger charge is 2.31. The van der Waals surface area contributed by atoms with Crippen LogP contribution < -0.4 is 15.3 Å². The maximum Gasteiger partial charge on any atom is 0.490 e. The number of carbonyl (C=O) groups is 4. The molecule has 2 N–H and O–H groups in total. The Labute approximate surface area is 425 Å². The molecule has 2 aromatic carbocycles. The van der Waals surface area contributed by atoms with Crippen LogP contribution in [0.1, 0.15) is 32.1 Å². The molecule has 20 nitrogen and oxygen atoms in total. The standard InChI is InChI=1S/C24H24N4O5S.C19H20BrN3O5S.C5H6BNO2/c1-33-23(29)20-4-7-21(26-16-20)17-28(24(30)27-11-13-34(31,32)14-12-27)22-8-5-18(6-9-22)19-3-2-10-25-15-19;1-28-18(24)14-2-5-16(21-12-14)13-23(17-6-3-15(20)4-7-17)19(25)22-8-10-29(26,27)11-9-22;8-6(9)5-2-1-3-7-4-5/h2-10,15-16H,11-14,17H2,1H3;2-7,12H,8-11,13H2,1H3;1-4,8-9H. The topological polar surface area (TPSA) is 260 Å². The van der Waals surface area contributed by atoms with Crippen molar-refractivity contribution in [2.75, 3.05) is 73.2 Å². The minimum atomic E-state index is -3.12. The molecule has 6 heterocycles. The van der Waals surface area contributed by atoms with Crippen LogP contribution in [0.2, 0.25) is 0 Å². The largest absolute Gasteiger partial charge is 0.490 e. The summed E-state index contributed by atoms with van der Waals surface area (Å²) in [5, 5.41) is 17.1. The molecule has 0 radical (unpaired) electrons. The van der Waals surface area contributed by atoms with Crippen LogP contribution in [0.25, 0.3) is 11.1 Å². The second-order valence-corrected chi connectivity index (χ2v) is 21.5. The number of esters is 2. The van der Waals surface area contributed by atoms with Crippen molar-refractivity contribution in [3.8, 4) is 11.1 Å². The maximum atomic E-state index is 13.4. The predicted octanol–water partition coefficient (Wildman–Crippen LogP) is 4.04. The number of hydrogen-bond donors (Lipinski definition) is 2. The summed E-state index contributed by atoms with van der Waals surface area (Å²) in [6.45, 7) is 0.910. The Bertz CT molecular complexity index is 2980. The molecule has 0 aliphatic carbocycles. The highest BCUT2D eigenvalue weighted by atomic mass is 79.9. The smallest absolute Gasteiger partial charge is 0.465 e. The number of methoxy groups -OCH3 is 2. The van der Waals surface area contributed by atoms with Gasteiger partial charge in [0.1, 0.15) is 0 Å². The average Bonchev–Trinajstić information content (AvgIpc) is 3.40. The number of ether oxygens (including phenoxy) is 2. The highest BCUT2D eigenvalue weighted by molar-refractivity contribution is 9.10. The third-order valence-corrected chi connectivity index (χ3v) is 14.9. The van der Waals surface area contributed by atoms with Crippen LogP contribution in [0.4, 0.5) is 21.0 Å². The van der Waals surface area contributed by atoms with Crippen molar-refractivity contribution in [2.24, 2.45) is 0 Å². The summed E-state index contributed by atoms with van der Waals surface area (Å²) in [6.07, 6.45) is 9.26. The number of rotatable bonds is 10. The average molecular weight is 1090 g/mol. The number of nitrogens with zero attached hydrogens (tertiary/aromatic N) is 8. The van der Waals surface area contributed by atoms with Crippen molar-refractivity contribution in [3.63, 3.8) is 0 Å². The molecule has 376 valence electrons. The van der Waals surface area contributed by atoms with Crippen molar-refractivity contribution >= 4 is 83.6 Å². The van der Waals surface area contributed by atoms with Gasteiger partial charge in [0.15, 0.2) is 19.7 Å². The van der Waals surface area contributed by atoms with E-state index in [1.165, 1.54) is 37.7 Å². The van der Waals surface area contributed by atoms with E-state index in [1.54, 1.807) is 81.8 Å². The monoisotopic (exact) mass is 1080 g/mol. The molecule has 72 heavy (non-hydrogen) atoms. The van der Waals surface area contributed by atoms with Gasteiger partial charge in [-0.25, -0.2) is 36.0 Å². The first-order valence-electron chi connectivity index (χ1n) is 22.1. The molecule has 6 aromatic rings. The maximum absolute atomic E-state index is 13.4. The summed E-state index contributed by atoms with van der Waals surface area (Å²) in [6, 6.07) is 27.7. The first-order chi connectivity index (χ1) is 34.5. The third kappa shape index (κ3) is 15.4. The van der Waals surface area contributed by atoms with Gasteiger partial charge in [0.25, 0.3) is 0 Å². The van der Waals surface area contributed by atoms with Crippen LogP contribution in [0.5, 0.6) is 0 Å². The molecule has 0 saturated carbocycles. The number of anilines is 2. The number of benzene rings is 2. The summed E-state index contributed by atoms with van der Waals surface area (Å²) in [5.74, 6) is -1.18. The van der Waals surface area contributed by atoms with Gasteiger partial charge in [0.05, 0.1) is 72.8 Å².